The van der Waals surface area contributed by atoms with Crippen LogP contribution >= 0.6 is 11.3 Å². The molecule has 0 spiro atoms. The Bertz CT molecular complexity index is 590. The van der Waals surface area contributed by atoms with Crippen LogP contribution in [-0.2, 0) is 25.6 Å². The lowest BCUT2D eigenvalue weighted by Crippen LogP contribution is -2.13. The van der Waals surface area contributed by atoms with E-state index >= 15 is 0 Å². The highest BCUT2D eigenvalue weighted by atomic mass is 32.1. The summed E-state index contributed by atoms with van der Waals surface area (Å²) >= 11 is 0.904. The van der Waals surface area contributed by atoms with Crippen LogP contribution in [0.15, 0.2) is 0 Å². The third kappa shape index (κ3) is 3.15. The van der Waals surface area contributed by atoms with Gasteiger partial charge in [0.05, 0.1) is 20.1 Å². The van der Waals surface area contributed by atoms with Crippen LogP contribution in [0.25, 0.3) is 0 Å². The fourth-order valence-corrected chi connectivity index (χ4v) is 2.77. The number of carbonyl (C=O) groups is 3. The molecule has 1 aliphatic carbocycles. The molecule has 8 heteroatoms. The van der Waals surface area contributed by atoms with Crippen LogP contribution in [-0.4, -0.2) is 32.1 Å². The maximum atomic E-state index is 11.8. The van der Waals surface area contributed by atoms with E-state index in [1.54, 1.807) is 0 Å². The van der Waals surface area contributed by atoms with E-state index in [9.17, 15) is 14.4 Å². The first kappa shape index (κ1) is 15.3. The zero-order valence-electron chi connectivity index (χ0n) is 11.6. The average Bonchev–Trinajstić information content (AvgIpc) is 3.27. The number of ether oxygens (including phenoxy) is 3. The Morgan fingerprint density at radius 2 is 1.81 bits per heavy atom. The fraction of sp³-hybridized carbons (Fsp3) is 0.462. The van der Waals surface area contributed by atoms with E-state index in [-0.39, 0.29) is 39.5 Å². The summed E-state index contributed by atoms with van der Waals surface area (Å²) in [6.07, 6.45) is 1.61. The van der Waals surface area contributed by atoms with Crippen molar-refractivity contribution in [1.29, 1.82) is 0 Å². The van der Waals surface area contributed by atoms with Gasteiger partial charge < -0.3 is 19.9 Å². The average molecular weight is 313 g/mol. The Hall–Kier alpha value is -2.09. The lowest BCUT2D eigenvalue weighted by atomic mass is 10.1. The molecule has 1 fully saturated rings. The number of esters is 3. The second kappa shape index (κ2) is 6.13. The Kier molecular flexibility index (Phi) is 4.46. The minimum atomic E-state index is -0.684. The molecule has 0 aliphatic heterocycles. The maximum Gasteiger partial charge on any atom is 0.348 e. The molecular weight excluding hydrogens is 298 g/mol. The van der Waals surface area contributed by atoms with E-state index in [1.807, 2.05) is 0 Å². The molecule has 0 atom stereocenters. The third-order valence-electron chi connectivity index (χ3n) is 3.06. The molecule has 1 aromatic heterocycles. The van der Waals surface area contributed by atoms with E-state index in [0.717, 1.165) is 24.2 Å². The van der Waals surface area contributed by atoms with Crippen molar-refractivity contribution in [1.82, 2.24) is 0 Å². The second-order valence-electron chi connectivity index (χ2n) is 4.51. The van der Waals surface area contributed by atoms with Gasteiger partial charge in [0, 0.05) is 5.56 Å². The van der Waals surface area contributed by atoms with E-state index in [2.05, 4.69) is 9.47 Å². The largest absolute Gasteiger partial charge is 0.465 e. The van der Waals surface area contributed by atoms with Crippen molar-refractivity contribution < 1.29 is 28.6 Å². The van der Waals surface area contributed by atoms with Crippen molar-refractivity contribution in [2.45, 2.75) is 19.4 Å². The van der Waals surface area contributed by atoms with Crippen molar-refractivity contribution in [3.05, 3.63) is 16.0 Å². The summed E-state index contributed by atoms with van der Waals surface area (Å²) in [6, 6.07) is 0. The molecular formula is C13H15NO6S. The number of hydrogen-bond donors (Lipinski definition) is 1. The number of nitrogens with two attached hydrogens (primary N) is 1. The summed E-state index contributed by atoms with van der Waals surface area (Å²) in [5.41, 5.74) is 6.03. The van der Waals surface area contributed by atoms with Crippen molar-refractivity contribution >= 4 is 34.2 Å². The Balaban J connectivity index is 2.30. The molecule has 0 amide bonds. The molecule has 1 heterocycles. The zero-order chi connectivity index (χ0) is 15.6. The Labute approximate surface area is 125 Å². The molecule has 7 nitrogen and oxygen atoms in total. The van der Waals surface area contributed by atoms with Crippen LogP contribution in [0.1, 0.15) is 38.4 Å². The van der Waals surface area contributed by atoms with Crippen LogP contribution in [0, 0.1) is 5.92 Å². The minimum absolute atomic E-state index is 0.0477. The standard InChI is InChI=1S/C13H15NO6S/c1-18-12(16)8-7(5-20-11(15)6-3-4-6)9(13(17)19-2)21-10(8)14/h6H,3-5,14H2,1-2H3. The summed E-state index contributed by atoms with van der Waals surface area (Å²) in [7, 11) is 2.42. The fourth-order valence-electron chi connectivity index (χ4n) is 1.79. The maximum absolute atomic E-state index is 11.8. The molecule has 1 saturated carbocycles. The first-order chi connectivity index (χ1) is 9.99. The molecule has 0 aromatic carbocycles. The minimum Gasteiger partial charge on any atom is -0.465 e. The SMILES string of the molecule is COC(=O)c1sc(N)c(C(=O)OC)c1COC(=O)C1CC1. The van der Waals surface area contributed by atoms with E-state index in [4.69, 9.17) is 10.5 Å². The topological polar surface area (TPSA) is 105 Å². The van der Waals surface area contributed by atoms with Gasteiger partial charge in [-0.3, -0.25) is 4.79 Å². The molecule has 1 aliphatic rings. The van der Waals surface area contributed by atoms with Gasteiger partial charge in [-0.05, 0) is 12.8 Å². The monoisotopic (exact) mass is 313 g/mol. The third-order valence-corrected chi connectivity index (χ3v) is 4.11. The van der Waals surface area contributed by atoms with E-state index < -0.39 is 11.9 Å². The number of methoxy groups -OCH3 is 2. The summed E-state index contributed by atoms with van der Waals surface area (Å²) in [5.74, 6) is -1.74. The predicted octanol–water partition coefficient (Wildman–Crippen LogP) is 1.36. The molecule has 2 rings (SSSR count). The number of thiophene rings is 1. The van der Waals surface area contributed by atoms with Gasteiger partial charge in [0.25, 0.3) is 0 Å². The summed E-state index contributed by atoms with van der Waals surface area (Å²) < 4.78 is 14.4. The van der Waals surface area contributed by atoms with Gasteiger partial charge in [-0.1, -0.05) is 0 Å². The summed E-state index contributed by atoms with van der Waals surface area (Å²) in [4.78, 5) is 35.3. The molecule has 2 N–H and O–H groups in total. The van der Waals surface area contributed by atoms with Crippen LogP contribution in [0.3, 0.4) is 0 Å². The van der Waals surface area contributed by atoms with Gasteiger partial charge in [-0.2, -0.15) is 0 Å². The quantitative estimate of drug-likeness (QED) is 0.646. The van der Waals surface area contributed by atoms with Gasteiger partial charge >= 0.3 is 17.9 Å². The smallest absolute Gasteiger partial charge is 0.348 e. The van der Waals surface area contributed by atoms with Gasteiger partial charge in [0.1, 0.15) is 22.0 Å². The molecule has 21 heavy (non-hydrogen) atoms. The number of anilines is 1. The van der Waals surface area contributed by atoms with Gasteiger partial charge in [0.2, 0.25) is 0 Å². The molecule has 0 bridgehead atoms. The first-order valence-electron chi connectivity index (χ1n) is 6.24. The van der Waals surface area contributed by atoms with Crippen molar-refractivity contribution in [2.75, 3.05) is 20.0 Å². The normalized spacial score (nSPS) is 13.6. The Morgan fingerprint density at radius 1 is 1.19 bits per heavy atom. The van der Waals surface area contributed by atoms with Crippen LogP contribution in [0.5, 0.6) is 0 Å². The number of rotatable bonds is 5. The van der Waals surface area contributed by atoms with Crippen LogP contribution in [0.2, 0.25) is 0 Å². The molecule has 0 saturated heterocycles. The first-order valence-corrected chi connectivity index (χ1v) is 7.05. The molecule has 0 radical (unpaired) electrons. The Morgan fingerprint density at radius 3 is 2.33 bits per heavy atom. The highest BCUT2D eigenvalue weighted by molar-refractivity contribution is 7.18. The van der Waals surface area contributed by atoms with Gasteiger partial charge in [-0.25, -0.2) is 9.59 Å². The van der Waals surface area contributed by atoms with E-state index in [0.29, 0.717) is 0 Å². The van der Waals surface area contributed by atoms with Gasteiger partial charge in [-0.15, -0.1) is 11.3 Å². The van der Waals surface area contributed by atoms with Crippen LogP contribution < -0.4 is 5.73 Å². The highest BCUT2D eigenvalue weighted by Crippen LogP contribution is 2.34. The van der Waals surface area contributed by atoms with Crippen LogP contribution in [0.4, 0.5) is 5.00 Å². The van der Waals surface area contributed by atoms with Crippen molar-refractivity contribution in [3.8, 4) is 0 Å². The lowest BCUT2D eigenvalue weighted by molar-refractivity contribution is -0.146. The predicted molar refractivity (Wildman–Crippen MR) is 73.9 cm³/mol. The van der Waals surface area contributed by atoms with E-state index in [1.165, 1.54) is 14.2 Å². The number of nitrogen functional groups attached to an aromatic ring is 1. The summed E-state index contributed by atoms with van der Waals surface area (Å²) in [6.45, 7) is -0.210. The number of carbonyl (C=O) groups excluding carboxylic acids is 3. The highest BCUT2D eigenvalue weighted by Gasteiger charge is 2.33. The number of hydrogen-bond acceptors (Lipinski definition) is 8. The summed E-state index contributed by atoms with van der Waals surface area (Å²) in [5, 5.41) is 0.125. The van der Waals surface area contributed by atoms with Crippen molar-refractivity contribution in [3.63, 3.8) is 0 Å². The molecule has 0 unspecified atom stereocenters. The zero-order valence-corrected chi connectivity index (χ0v) is 12.5. The lowest BCUT2D eigenvalue weighted by Gasteiger charge is -2.07. The molecule has 1 aromatic rings. The molecule has 114 valence electrons. The van der Waals surface area contributed by atoms with Gasteiger partial charge in [0.15, 0.2) is 0 Å². The second-order valence-corrected chi connectivity index (χ2v) is 5.57. The van der Waals surface area contributed by atoms with Crippen molar-refractivity contribution in [2.24, 2.45) is 5.92 Å².